The number of rotatable bonds is 5. The third kappa shape index (κ3) is 4.02. The van der Waals surface area contributed by atoms with Crippen LogP contribution in [0.15, 0.2) is 41.2 Å². The van der Waals surface area contributed by atoms with E-state index in [-0.39, 0.29) is 34.7 Å². The molecule has 1 aromatic heterocycles. The normalized spacial score (nSPS) is 13.9. The van der Waals surface area contributed by atoms with Crippen LogP contribution >= 0.6 is 0 Å². The van der Waals surface area contributed by atoms with E-state index in [4.69, 9.17) is 21.3 Å². The fraction of sp³-hybridized carbons (Fsp3) is 0.227. The highest BCUT2D eigenvalue weighted by Gasteiger charge is 2.21. The molecule has 1 fully saturated rings. The lowest BCUT2D eigenvalue weighted by molar-refractivity contribution is 0.0696. The Balaban J connectivity index is 1.81. The number of carboxylic acid groups (broad SMARTS) is 1. The zero-order valence-corrected chi connectivity index (χ0v) is 16.6. The Labute approximate surface area is 177 Å². The van der Waals surface area contributed by atoms with Gasteiger partial charge in [0.25, 0.3) is 5.56 Å². The Morgan fingerprint density at radius 3 is 2.45 bits per heavy atom. The molecular weight excluding hydrogens is 400 g/mol. The largest absolute Gasteiger partial charge is 0.507 e. The van der Waals surface area contributed by atoms with Crippen molar-refractivity contribution in [1.29, 1.82) is 0 Å². The first-order valence-corrected chi connectivity index (χ1v) is 9.86. The molecule has 160 valence electrons. The number of hydrogen-bond donors (Lipinski definition) is 5. The highest BCUT2D eigenvalue weighted by atomic mass is 16.5. The van der Waals surface area contributed by atoms with Crippen LogP contribution in [0.5, 0.6) is 11.5 Å². The van der Waals surface area contributed by atoms with Crippen molar-refractivity contribution in [2.24, 2.45) is 0 Å². The Morgan fingerprint density at radius 1 is 1.10 bits per heavy atom. The number of anilines is 2. The van der Waals surface area contributed by atoms with Gasteiger partial charge in [0.2, 0.25) is 0 Å². The third-order valence-corrected chi connectivity index (χ3v) is 5.37. The van der Waals surface area contributed by atoms with Crippen LogP contribution < -0.4 is 21.8 Å². The number of nitrogens with one attached hydrogen (secondary N) is 1. The van der Waals surface area contributed by atoms with Gasteiger partial charge in [0.15, 0.2) is 5.82 Å². The van der Waals surface area contributed by atoms with Crippen LogP contribution in [0.2, 0.25) is 0 Å². The molecule has 0 unspecified atom stereocenters. The Bertz CT molecular complexity index is 1220. The zero-order valence-electron chi connectivity index (χ0n) is 16.6. The van der Waals surface area contributed by atoms with Gasteiger partial charge in [0.05, 0.1) is 17.2 Å². The molecule has 2 aromatic carbocycles. The number of carboxylic acids is 1. The number of aromatic amines is 1. The van der Waals surface area contributed by atoms with Gasteiger partial charge in [-0.25, -0.2) is 9.78 Å². The summed E-state index contributed by atoms with van der Waals surface area (Å²) in [5, 5.41) is 19.5. The predicted octanol–water partition coefficient (Wildman–Crippen LogP) is 2.99. The van der Waals surface area contributed by atoms with Gasteiger partial charge in [-0.05, 0) is 61.6 Å². The summed E-state index contributed by atoms with van der Waals surface area (Å²) in [5.74, 6) is -0.669. The molecule has 0 bridgehead atoms. The number of ether oxygens (including phenoxy) is 1. The third-order valence-electron chi connectivity index (χ3n) is 5.37. The van der Waals surface area contributed by atoms with Crippen molar-refractivity contribution in [2.75, 3.05) is 11.5 Å². The van der Waals surface area contributed by atoms with Crippen molar-refractivity contribution < 1.29 is 19.7 Å². The summed E-state index contributed by atoms with van der Waals surface area (Å²) in [6.07, 6.45) is 3.99. The predicted molar refractivity (Wildman–Crippen MR) is 116 cm³/mol. The maximum atomic E-state index is 12.1. The van der Waals surface area contributed by atoms with Crippen molar-refractivity contribution in [3.63, 3.8) is 0 Å². The van der Waals surface area contributed by atoms with Gasteiger partial charge in [-0.2, -0.15) is 0 Å². The molecule has 7 N–H and O–H groups in total. The molecule has 1 heterocycles. The number of carbonyl (C=O) groups is 1. The van der Waals surface area contributed by atoms with Gasteiger partial charge >= 0.3 is 5.97 Å². The SMILES string of the molecule is Nc1nc(-c2ccc(-c3ccc(C(=O)O)cc3O)cc2OC2CCCC2)[nH]c(=O)c1N. The maximum Gasteiger partial charge on any atom is 0.335 e. The molecule has 4 rings (SSSR count). The van der Waals surface area contributed by atoms with Crippen LogP contribution in [-0.2, 0) is 0 Å². The average Bonchev–Trinajstić information content (AvgIpc) is 3.24. The van der Waals surface area contributed by atoms with Crippen LogP contribution in [0, 0.1) is 0 Å². The van der Waals surface area contributed by atoms with E-state index in [0.717, 1.165) is 25.7 Å². The van der Waals surface area contributed by atoms with Crippen LogP contribution in [0.4, 0.5) is 11.5 Å². The number of nitrogens with two attached hydrogens (primary N) is 2. The summed E-state index contributed by atoms with van der Waals surface area (Å²) in [5.41, 5.74) is 12.3. The maximum absolute atomic E-state index is 12.1. The number of hydrogen-bond acceptors (Lipinski definition) is 7. The van der Waals surface area contributed by atoms with E-state index in [1.165, 1.54) is 18.2 Å². The summed E-state index contributed by atoms with van der Waals surface area (Å²) in [4.78, 5) is 30.0. The molecule has 0 radical (unpaired) electrons. The van der Waals surface area contributed by atoms with Crippen molar-refractivity contribution in [3.8, 4) is 34.0 Å². The highest BCUT2D eigenvalue weighted by Crippen LogP contribution is 2.38. The van der Waals surface area contributed by atoms with Crippen LogP contribution in [0.1, 0.15) is 36.0 Å². The molecule has 0 aliphatic heterocycles. The van der Waals surface area contributed by atoms with Crippen molar-refractivity contribution in [1.82, 2.24) is 9.97 Å². The first-order valence-electron chi connectivity index (χ1n) is 9.86. The summed E-state index contributed by atoms with van der Waals surface area (Å²) in [6, 6.07) is 9.31. The molecule has 0 atom stereocenters. The second-order valence-electron chi connectivity index (χ2n) is 7.49. The summed E-state index contributed by atoms with van der Waals surface area (Å²) < 4.78 is 6.22. The molecule has 1 aliphatic carbocycles. The van der Waals surface area contributed by atoms with Gasteiger partial charge in [-0.1, -0.05) is 6.07 Å². The highest BCUT2D eigenvalue weighted by molar-refractivity contribution is 5.90. The number of aromatic carboxylic acids is 1. The van der Waals surface area contributed by atoms with E-state index in [0.29, 0.717) is 22.4 Å². The second kappa shape index (κ2) is 8.02. The Kier molecular flexibility index (Phi) is 5.24. The fourth-order valence-electron chi connectivity index (χ4n) is 3.70. The minimum absolute atomic E-state index is 0.0144. The van der Waals surface area contributed by atoms with Gasteiger partial charge in [-0.3, -0.25) is 4.79 Å². The van der Waals surface area contributed by atoms with Crippen molar-refractivity contribution in [2.45, 2.75) is 31.8 Å². The molecule has 0 amide bonds. The number of nitrogen functional groups attached to an aromatic ring is 2. The van der Waals surface area contributed by atoms with E-state index in [1.54, 1.807) is 18.2 Å². The Morgan fingerprint density at radius 2 is 1.81 bits per heavy atom. The molecule has 0 spiro atoms. The van der Waals surface area contributed by atoms with Gasteiger partial charge in [-0.15, -0.1) is 0 Å². The van der Waals surface area contributed by atoms with Gasteiger partial charge < -0.3 is 31.4 Å². The molecule has 31 heavy (non-hydrogen) atoms. The number of nitrogens with zero attached hydrogens (tertiary/aromatic N) is 1. The van der Waals surface area contributed by atoms with E-state index in [2.05, 4.69) is 9.97 Å². The molecule has 9 heteroatoms. The molecule has 3 aromatic rings. The second-order valence-corrected chi connectivity index (χ2v) is 7.49. The van der Waals surface area contributed by atoms with E-state index in [9.17, 15) is 14.7 Å². The summed E-state index contributed by atoms with van der Waals surface area (Å²) in [6.45, 7) is 0. The lowest BCUT2D eigenvalue weighted by Crippen LogP contribution is -2.18. The average molecular weight is 422 g/mol. The van der Waals surface area contributed by atoms with Crippen molar-refractivity contribution >= 4 is 17.5 Å². The molecule has 0 saturated heterocycles. The van der Waals surface area contributed by atoms with Gasteiger partial charge in [0.1, 0.15) is 23.0 Å². The number of phenolic OH excluding ortho intramolecular Hbond substituents is 1. The fourth-order valence-corrected chi connectivity index (χ4v) is 3.70. The first kappa shape index (κ1) is 20.3. The van der Waals surface area contributed by atoms with Crippen molar-refractivity contribution in [3.05, 3.63) is 52.3 Å². The zero-order chi connectivity index (χ0) is 22.1. The van der Waals surface area contributed by atoms with E-state index < -0.39 is 11.5 Å². The number of aromatic hydroxyl groups is 1. The minimum Gasteiger partial charge on any atom is -0.507 e. The standard InChI is InChI=1S/C22H22N4O5/c23-18-19(24)25-20(26-21(18)28)15-8-5-11(10-17(15)31-13-3-1-2-4-13)14-7-6-12(22(29)30)9-16(14)27/h5-10,13,27H,1-4,23H2,(H,29,30)(H3,24,25,26,28). The number of H-pyrrole nitrogens is 1. The summed E-state index contributed by atoms with van der Waals surface area (Å²) in [7, 11) is 0. The Hall–Kier alpha value is -4.01. The van der Waals surface area contributed by atoms with Gasteiger partial charge in [0, 0.05) is 5.56 Å². The molecule has 1 saturated carbocycles. The van der Waals surface area contributed by atoms with E-state index >= 15 is 0 Å². The minimum atomic E-state index is -1.13. The van der Waals surface area contributed by atoms with Crippen LogP contribution in [-0.4, -0.2) is 32.3 Å². The van der Waals surface area contributed by atoms with Crippen LogP contribution in [0.25, 0.3) is 22.5 Å². The monoisotopic (exact) mass is 422 g/mol. The summed E-state index contributed by atoms with van der Waals surface area (Å²) >= 11 is 0. The number of benzene rings is 2. The molecular formula is C22H22N4O5. The van der Waals surface area contributed by atoms with E-state index in [1.807, 2.05) is 0 Å². The number of phenols is 1. The first-order chi connectivity index (χ1) is 14.8. The number of aromatic nitrogens is 2. The molecule has 1 aliphatic rings. The lowest BCUT2D eigenvalue weighted by atomic mass is 10.00. The topological polar surface area (TPSA) is 165 Å². The van der Waals surface area contributed by atoms with Crippen LogP contribution in [0.3, 0.4) is 0 Å². The quantitative estimate of drug-likeness (QED) is 0.418. The lowest BCUT2D eigenvalue weighted by Gasteiger charge is -2.18. The smallest absolute Gasteiger partial charge is 0.335 e. The molecule has 9 nitrogen and oxygen atoms in total.